The number of hydrogen-bond acceptors (Lipinski definition) is 0. The van der Waals surface area contributed by atoms with Crippen LogP contribution in [0.1, 0.15) is 0 Å². The lowest BCUT2D eigenvalue weighted by Crippen LogP contribution is -1.94. The lowest BCUT2D eigenvalue weighted by molar-refractivity contribution is 1.18. The minimum atomic E-state index is 1.14. The zero-order valence-electron chi connectivity index (χ0n) is 35.8. The minimum absolute atomic E-state index is 1.14. The van der Waals surface area contributed by atoms with Crippen LogP contribution in [-0.2, 0) is 0 Å². The fourth-order valence-corrected chi connectivity index (χ4v) is 9.51. The normalized spacial score (nSPS) is 11.4. The maximum atomic E-state index is 2.42. The Labute approximate surface area is 379 Å². The Morgan fingerprint density at radius 1 is 0.185 bits per heavy atom. The molecule has 0 amide bonds. The smallest absolute Gasteiger partial charge is 0.0541 e. The first-order valence-electron chi connectivity index (χ1n) is 22.4. The van der Waals surface area contributed by atoms with Gasteiger partial charge in [0.2, 0.25) is 0 Å². The standard InChI is InChI=1S/C64H43N/c1-3-9-44(10-4-1)47-15-19-49(20-16-47)51-23-27-53(28-24-51)58-35-39-63-61(42-58)62-43-59(54-29-25-52(26-30-54)50-21-17-48(18-22-50)45-11-5-2-6-12-45)36-40-64(62)65(63)60-37-33-55(34-38-60)57-32-31-46-13-7-8-14-56(46)41-57/h1-43H. The quantitative estimate of drug-likeness (QED) is 0.144. The summed E-state index contributed by atoms with van der Waals surface area (Å²) in [5.74, 6) is 0. The first-order valence-corrected chi connectivity index (χ1v) is 22.4. The molecule has 0 bridgehead atoms. The van der Waals surface area contributed by atoms with Crippen LogP contribution in [0.3, 0.4) is 0 Å². The van der Waals surface area contributed by atoms with Crippen LogP contribution < -0.4 is 0 Å². The second-order valence-electron chi connectivity index (χ2n) is 16.9. The molecule has 0 aliphatic rings. The Bertz CT molecular complexity index is 3440. The Hall–Kier alpha value is -8.52. The van der Waals surface area contributed by atoms with Crippen molar-refractivity contribution in [1.82, 2.24) is 4.57 Å². The van der Waals surface area contributed by atoms with Crippen LogP contribution in [0.2, 0.25) is 0 Å². The molecule has 1 heteroatoms. The molecule has 304 valence electrons. The first kappa shape index (κ1) is 38.2. The Balaban J connectivity index is 0.905. The van der Waals surface area contributed by atoms with E-state index in [1.54, 1.807) is 0 Å². The van der Waals surface area contributed by atoms with Crippen LogP contribution in [0.5, 0.6) is 0 Å². The van der Waals surface area contributed by atoms with Crippen molar-refractivity contribution in [2.75, 3.05) is 0 Å². The molecule has 0 aliphatic heterocycles. The van der Waals surface area contributed by atoms with Crippen molar-refractivity contribution in [2.24, 2.45) is 0 Å². The fraction of sp³-hybridized carbons (Fsp3) is 0. The van der Waals surface area contributed by atoms with E-state index < -0.39 is 0 Å². The SMILES string of the molecule is c1ccc(-c2ccc(-c3ccc(-c4ccc5c(c4)c4cc(-c6ccc(-c7ccc(-c8ccccc8)cc7)cc6)ccc4n5-c4ccc(-c5ccc6ccccc6c5)cc4)cc3)cc2)cc1. The second kappa shape index (κ2) is 16.3. The van der Waals surface area contributed by atoms with Gasteiger partial charge in [-0.05, 0) is 131 Å². The number of hydrogen-bond donors (Lipinski definition) is 0. The predicted octanol–water partition coefficient (Wildman–Crippen LogP) is 17.6. The van der Waals surface area contributed by atoms with Crippen LogP contribution in [0.15, 0.2) is 261 Å². The molecule has 0 radical (unpaired) electrons. The molecule has 1 heterocycles. The number of nitrogens with zero attached hydrogens (tertiary/aromatic N) is 1. The van der Waals surface area contributed by atoms with E-state index in [0.717, 1.165) is 5.69 Å². The predicted molar refractivity (Wildman–Crippen MR) is 276 cm³/mol. The summed E-state index contributed by atoms with van der Waals surface area (Å²) in [4.78, 5) is 0. The van der Waals surface area contributed by atoms with Crippen LogP contribution in [0, 0.1) is 0 Å². The molecule has 0 N–H and O–H groups in total. The Morgan fingerprint density at radius 3 is 0.862 bits per heavy atom. The highest BCUT2D eigenvalue weighted by molar-refractivity contribution is 6.11. The van der Waals surface area contributed by atoms with Crippen molar-refractivity contribution >= 4 is 32.6 Å². The summed E-state index contributed by atoms with van der Waals surface area (Å²) in [5.41, 5.74) is 20.5. The van der Waals surface area contributed by atoms with Crippen LogP contribution in [0.25, 0.3) is 116 Å². The lowest BCUT2D eigenvalue weighted by Gasteiger charge is -2.11. The molecule has 1 nitrogen and oxygen atoms in total. The van der Waals surface area contributed by atoms with Gasteiger partial charge in [-0.3, -0.25) is 0 Å². The topological polar surface area (TPSA) is 4.93 Å². The Morgan fingerprint density at radius 2 is 0.462 bits per heavy atom. The monoisotopic (exact) mass is 825 g/mol. The molecule has 0 saturated heterocycles. The molecule has 12 aromatic rings. The third kappa shape index (κ3) is 7.30. The van der Waals surface area contributed by atoms with Crippen molar-refractivity contribution in [3.8, 4) is 83.6 Å². The summed E-state index contributed by atoms with van der Waals surface area (Å²) in [5, 5.41) is 4.97. The van der Waals surface area contributed by atoms with Crippen LogP contribution in [0.4, 0.5) is 0 Å². The highest BCUT2D eigenvalue weighted by atomic mass is 15.0. The zero-order valence-corrected chi connectivity index (χ0v) is 35.8. The highest BCUT2D eigenvalue weighted by Crippen LogP contribution is 2.39. The number of aromatic nitrogens is 1. The third-order valence-corrected chi connectivity index (χ3v) is 13.1. The van der Waals surface area contributed by atoms with Gasteiger partial charge in [0, 0.05) is 16.5 Å². The molecule has 65 heavy (non-hydrogen) atoms. The molecule has 12 rings (SSSR count). The summed E-state index contributed by atoms with van der Waals surface area (Å²) in [6.07, 6.45) is 0. The van der Waals surface area contributed by atoms with Gasteiger partial charge in [0.05, 0.1) is 11.0 Å². The molecule has 0 saturated carbocycles. The summed E-state index contributed by atoms with van der Waals surface area (Å²) in [6, 6.07) is 95.1. The summed E-state index contributed by atoms with van der Waals surface area (Å²) < 4.78 is 2.42. The number of benzene rings is 11. The first-order chi connectivity index (χ1) is 32.2. The van der Waals surface area contributed by atoms with E-state index in [9.17, 15) is 0 Å². The maximum Gasteiger partial charge on any atom is 0.0541 e. The van der Waals surface area contributed by atoms with E-state index in [4.69, 9.17) is 0 Å². The van der Waals surface area contributed by atoms with Gasteiger partial charge in [-0.15, -0.1) is 0 Å². The highest BCUT2D eigenvalue weighted by Gasteiger charge is 2.16. The van der Waals surface area contributed by atoms with Gasteiger partial charge in [-0.2, -0.15) is 0 Å². The summed E-state index contributed by atoms with van der Waals surface area (Å²) in [7, 11) is 0. The average molecular weight is 826 g/mol. The van der Waals surface area contributed by atoms with Crippen molar-refractivity contribution < 1.29 is 0 Å². The number of fused-ring (bicyclic) bond motifs is 4. The lowest BCUT2D eigenvalue weighted by atomic mass is 9.96. The van der Waals surface area contributed by atoms with Crippen LogP contribution in [-0.4, -0.2) is 4.57 Å². The van der Waals surface area contributed by atoms with Gasteiger partial charge in [0.15, 0.2) is 0 Å². The molecule has 11 aromatic carbocycles. The molecular formula is C64H43N. The average Bonchev–Trinajstić information content (AvgIpc) is 3.72. The van der Waals surface area contributed by atoms with Gasteiger partial charge < -0.3 is 4.57 Å². The fourth-order valence-electron chi connectivity index (χ4n) is 9.51. The molecule has 0 unspecified atom stereocenters. The molecule has 0 atom stereocenters. The molecule has 0 fully saturated rings. The molecule has 0 spiro atoms. The van der Waals surface area contributed by atoms with Gasteiger partial charge in [0.1, 0.15) is 0 Å². The van der Waals surface area contributed by atoms with Gasteiger partial charge in [0.25, 0.3) is 0 Å². The van der Waals surface area contributed by atoms with E-state index in [0.29, 0.717) is 0 Å². The van der Waals surface area contributed by atoms with E-state index in [-0.39, 0.29) is 0 Å². The van der Waals surface area contributed by atoms with E-state index in [2.05, 4.69) is 265 Å². The van der Waals surface area contributed by atoms with Crippen molar-refractivity contribution in [2.45, 2.75) is 0 Å². The van der Waals surface area contributed by atoms with Crippen molar-refractivity contribution in [3.05, 3.63) is 261 Å². The van der Waals surface area contributed by atoms with Gasteiger partial charge in [-0.1, -0.05) is 218 Å². The number of rotatable bonds is 8. The largest absolute Gasteiger partial charge is 0.309 e. The van der Waals surface area contributed by atoms with Gasteiger partial charge in [-0.25, -0.2) is 0 Å². The third-order valence-electron chi connectivity index (χ3n) is 13.1. The summed E-state index contributed by atoms with van der Waals surface area (Å²) >= 11 is 0. The van der Waals surface area contributed by atoms with Crippen molar-refractivity contribution in [3.63, 3.8) is 0 Å². The minimum Gasteiger partial charge on any atom is -0.309 e. The second-order valence-corrected chi connectivity index (χ2v) is 16.9. The molecular weight excluding hydrogens is 783 g/mol. The van der Waals surface area contributed by atoms with Crippen molar-refractivity contribution in [1.29, 1.82) is 0 Å². The van der Waals surface area contributed by atoms with E-state index >= 15 is 0 Å². The van der Waals surface area contributed by atoms with Gasteiger partial charge >= 0.3 is 0 Å². The van der Waals surface area contributed by atoms with E-state index in [1.807, 2.05) is 0 Å². The maximum absolute atomic E-state index is 2.42. The molecule has 0 aliphatic carbocycles. The van der Waals surface area contributed by atoms with Crippen LogP contribution >= 0.6 is 0 Å². The van der Waals surface area contributed by atoms with E-state index in [1.165, 1.54) is 110 Å². The zero-order chi connectivity index (χ0) is 43.1. The Kier molecular flexibility index (Phi) is 9.58. The summed E-state index contributed by atoms with van der Waals surface area (Å²) in [6.45, 7) is 0. The molecule has 1 aromatic heterocycles.